The van der Waals surface area contributed by atoms with Crippen molar-refractivity contribution in [2.45, 2.75) is 13.8 Å². The number of nitrogens with two attached hydrogens (primary N) is 1. The van der Waals surface area contributed by atoms with Gasteiger partial charge in [-0.05, 0) is 37.6 Å². The largest absolute Gasteiger partial charge is 0.397 e. The number of amides is 1. The van der Waals surface area contributed by atoms with E-state index in [2.05, 4.69) is 10.3 Å². The van der Waals surface area contributed by atoms with Gasteiger partial charge in [0.2, 0.25) is 0 Å². The fourth-order valence-electron chi connectivity index (χ4n) is 2.40. The van der Waals surface area contributed by atoms with Crippen LogP contribution in [0.25, 0.3) is 10.2 Å². The number of nitrogen functional groups attached to an aromatic ring is 1. The standard InChI is InChI=1S/C16H13F2N3OS/c1-7-5-8(2)20-16-12(7)13(19)14(23-16)15(22)21-9-3-4-10(17)11(18)6-9/h3-6H,19H2,1-2H3,(H,21,22). The Morgan fingerprint density at radius 2 is 1.96 bits per heavy atom. The Bertz CT molecular complexity index is 937. The van der Waals surface area contributed by atoms with Gasteiger partial charge in [0.05, 0.1) is 5.69 Å². The molecule has 0 radical (unpaired) electrons. The van der Waals surface area contributed by atoms with Gasteiger partial charge in [0.15, 0.2) is 11.6 Å². The number of fused-ring (bicyclic) bond motifs is 1. The zero-order valence-electron chi connectivity index (χ0n) is 12.4. The number of rotatable bonds is 2. The first-order chi connectivity index (χ1) is 10.9. The monoisotopic (exact) mass is 333 g/mol. The molecule has 3 N–H and O–H groups in total. The average Bonchev–Trinajstić information content (AvgIpc) is 2.80. The summed E-state index contributed by atoms with van der Waals surface area (Å²) in [5, 5.41) is 3.27. The first-order valence-electron chi connectivity index (χ1n) is 6.79. The number of aromatic nitrogens is 1. The SMILES string of the molecule is Cc1cc(C)c2c(N)c(C(=O)Nc3ccc(F)c(F)c3)sc2n1. The molecule has 0 unspecified atom stereocenters. The van der Waals surface area contributed by atoms with E-state index in [4.69, 9.17) is 5.73 Å². The summed E-state index contributed by atoms with van der Waals surface area (Å²) in [5.41, 5.74) is 8.35. The number of hydrogen-bond acceptors (Lipinski definition) is 4. The van der Waals surface area contributed by atoms with Crippen LogP contribution in [0.2, 0.25) is 0 Å². The maximum absolute atomic E-state index is 13.2. The summed E-state index contributed by atoms with van der Waals surface area (Å²) in [7, 11) is 0. The molecule has 0 fully saturated rings. The van der Waals surface area contributed by atoms with Crippen molar-refractivity contribution in [3.05, 3.63) is 52.0 Å². The molecule has 0 atom stereocenters. The van der Waals surface area contributed by atoms with Gasteiger partial charge in [-0.2, -0.15) is 0 Å². The van der Waals surface area contributed by atoms with E-state index in [0.29, 0.717) is 15.4 Å². The summed E-state index contributed by atoms with van der Waals surface area (Å²) in [6.45, 7) is 3.76. The Labute approximate surface area is 135 Å². The Morgan fingerprint density at radius 1 is 1.22 bits per heavy atom. The van der Waals surface area contributed by atoms with E-state index in [0.717, 1.165) is 28.8 Å². The summed E-state index contributed by atoms with van der Waals surface area (Å²) < 4.78 is 26.1. The van der Waals surface area contributed by atoms with Crippen molar-refractivity contribution in [3.63, 3.8) is 0 Å². The molecule has 0 aliphatic rings. The fraction of sp³-hybridized carbons (Fsp3) is 0.125. The maximum atomic E-state index is 13.2. The number of aryl methyl sites for hydroxylation is 2. The lowest BCUT2D eigenvalue weighted by atomic mass is 10.1. The Hall–Kier alpha value is -2.54. The zero-order chi connectivity index (χ0) is 16.7. The number of carbonyl (C=O) groups excluding carboxylic acids is 1. The quantitative estimate of drug-likeness (QED) is 0.744. The molecule has 0 aliphatic heterocycles. The van der Waals surface area contributed by atoms with Gasteiger partial charge in [-0.1, -0.05) is 0 Å². The molecule has 1 aromatic carbocycles. The van der Waals surface area contributed by atoms with E-state index >= 15 is 0 Å². The molecule has 2 heterocycles. The van der Waals surface area contributed by atoms with Crippen molar-refractivity contribution in [1.29, 1.82) is 0 Å². The molecule has 2 aromatic heterocycles. The number of nitrogens with zero attached hydrogens (tertiary/aromatic N) is 1. The van der Waals surface area contributed by atoms with Crippen molar-refractivity contribution < 1.29 is 13.6 Å². The molecule has 4 nitrogen and oxygen atoms in total. The first-order valence-corrected chi connectivity index (χ1v) is 7.61. The molecule has 1 amide bonds. The number of pyridine rings is 1. The topological polar surface area (TPSA) is 68.0 Å². The third kappa shape index (κ3) is 2.75. The van der Waals surface area contributed by atoms with E-state index in [1.165, 1.54) is 17.4 Å². The minimum Gasteiger partial charge on any atom is -0.397 e. The van der Waals surface area contributed by atoms with Crippen LogP contribution in [0.15, 0.2) is 24.3 Å². The van der Waals surface area contributed by atoms with Crippen LogP contribution in [0.3, 0.4) is 0 Å². The number of anilines is 2. The van der Waals surface area contributed by atoms with Gasteiger partial charge in [-0.3, -0.25) is 4.79 Å². The van der Waals surface area contributed by atoms with Crippen LogP contribution in [0.4, 0.5) is 20.2 Å². The van der Waals surface area contributed by atoms with Crippen LogP contribution in [-0.2, 0) is 0 Å². The zero-order valence-corrected chi connectivity index (χ0v) is 13.2. The number of thiophene rings is 1. The Kier molecular flexibility index (Phi) is 3.73. The molecule has 118 valence electrons. The van der Waals surface area contributed by atoms with Crippen LogP contribution >= 0.6 is 11.3 Å². The average molecular weight is 333 g/mol. The van der Waals surface area contributed by atoms with Crippen LogP contribution in [0.1, 0.15) is 20.9 Å². The van der Waals surface area contributed by atoms with Gasteiger partial charge in [0, 0.05) is 22.8 Å². The highest BCUT2D eigenvalue weighted by molar-refractivity contribution is 7.21. The predicted molar refractivity (Wildman–Crippen MR) is 87.8 cm³/mol. The minimum atomic E-state index is -1.03. The second-order valence-corrected chi connectivity index (χ2v) is 6.19. The summed E-state index contributed by atoms with van der Waals surface area (Å²) in [4.78, 5) is 17.7. The lowest BCUT2D eigenvalue weighted by Gasteiger charge is -2.05. The highest BCUT2D eigenvalue weighted by Gasteiger charge is 2.19. The van der Waals surface area contributed by atoms with Crippen LogP contribution in [0, 0.1) is 25.5 Å². The smallest absolute Gasteiger partial charge is 0.267 e. The Morgan fingerprint density at radius 3 is 2.65 bits per heavy atom. The van der Waals surface area contributed by atoms with E-state index < -0.39 is 17.5 Å². The van der Waals surface area contributed by atoms with Crippen molar-refractivity contribution in [2.75, 3.05) is 11.1 Å². The normalized spacial score (nSPS) is 11.0. The fourth-order valence-corrected chi connectivity index (χ4v) is 3.51. The molecule has 3 rings (SSSR count). The molecule has 7 heteroatoms. The molecule has 0 spiro atoms. The van der Waals surface area contributed by atoms with Gasteiger partial charge in [0.25, 0.3) is 5.91 Å². The summed E-state index contributed by atoms with van der Waals surface area (Å²) in [6, 6.07) is 5.05. The van der Waals surface area contributed by atoms with Crippen molar-refractivity contribution >= 4 is 38.8 Å². The summed E-state index contributed by atoms with van der Waals surface area (Å²) >= 11 is 1.17. The third-order valence-electron chi connectivity index (χ3n) is 3.41. The molecule has 23 heavy (non-hydrogen) atoms. The van der Waals surface area contributed by atoms with E-state index in [9.17, 15) is 13.6 Å². The number of hydrogen-bond donors (Lipinski definition) is 2. The van der Waals surface area contributed by atoms with E-state index in [1.54, 1.807) is 0 Å². The van der Waals surface area contributed by atoms with Gasteiger partial charge in [0.1, 0.15) is 9.71 Å². The van der Waals surface area contributed by atoms with Crippen molar-refractivity contribution in [3.8, 4) is 0 Å². The van der Waals surface area contributed by atoms with E-state index in [-0.39, 0.29) is 5.69 Å². The summed E-state index contributed by atoms with van der Waals surface area (Å²) in [5.74, 6) is -2.48. The second kappa shape index (κ2) is 5.58. The molecule has 0 bridgehead atoms. The molecule has 0 saturated heterocycles. The molecule has 3 aromatic rings. The molecule has 0 aliphatic carbocycles. The molecular weight excluding hydrogens is 320 g/mol. The van der Waals surface area contributed by atoms with Crippen LogP contribution < -0.4 is 11.1 Å². The number of benzene rings is 1. The maximum Gasteiger partial charge on any atom is 0.267 e. The van der Waals surface area contributed by atoms with Crippen LogP contribution in [-0.4, -0.2) is 10.9 Å². The highest BCUT2D eigenvalue weighted by atomic mass is 32.1. The molecule has 0 saturated carbocycles. The Balaban J connectivity index is 1.99. The van der Waals surface area contributed by atoms with Gasteiger partial charge >= 0.3 is 0 Å². The van der Waals surface area contributed by atoms with E-state index in [1.807, 2.05) is 19.9 Å². The molecular formula is C16H13F2N3OS. The number of halogens is 2. The van der Waals surface area contributed by atoms with Crippen LogP contribution in [0.5, 0.6) is 0 Å². The minimum absolute atomic E-state index is 0.159. The number of carbonyl (C=O) groups is 1. The lowest BCUT2D eigenvalue weighted by Crippen LogP contribution is -2.12. The van der Waals surface area contributed by atoms with Crippen molar-refractivity contribution in [2.24, 2.45) is 0 Å². The number of nitrogens with one attached hydrogen (secondary N) is 1. The van der Waals surface area contributed by atoms with Crippen molar-refractivity contribution in [1.82, 2.24) is 4.98 Å². The van der Waals surface area contributed by atoms with Gasteiger partial charge in [-0.15, -0.1) is 11.3 Å². The highest BCUT2D eigenvalue weighted by Crippen LogP contribution is 2.35. The summed E-state index contributed by atoms with van der Waals surface area (Å²) in [6.07, 6.45) is 0. The third-order valence-corrected chi connectivity index (χ3v) is 4.51. The lowest BCUT2D eigenvalue weighted by molar-refractivity contribution is 0.103. The van der Waals surface area contributed by atoms with Gasteiger partial charge in [-0.25, -0.2) is 13.8 Å². The van der Waals surface area contributed by atoms with Gasteiger partial charge < -0.3 is 11.1 Å². The predicted octanol–water partition coefficient (Wildman–Crippen LogP) is 4.03. The second-order valence-electron chi connectivity index (χ2n) is 5.19. The first kappa shape index (κ1) is 15.4.